The molecule has 33 heavy (non-hydrogen) atoms. The molecule has 4 rings (SSSR count). The normalized spacial score (nSPS) is 11.4. The van der Waals surface area contributed by atoms with Gasteiger partial charge in [0.15, 0.2) is 0 Å². The number of anilines is 2. The van der Waals surface area contributed by atoms with Crippen molar-refractivity contribution >= 4 is 38.8 Å². The number of carbonyl (C=O) groups excluding carboxylic acids is 1. The fourth-order valence-electron chi connectivity index (χ4n) is 2.92. The van der Waals surface area contributed by atoms with E-state index in [1.54, 1.807) is 32.9 Å². The van der Waals surface area contributed by atoms with Crippen LogP contribution in [0, 0.1) is 26.6 Å². The largest absolute Gasteiger partial charge is 0.337 e. The van der Waals surface area contributed by atoms with Gasteiger partial charge in [-0.1, -0.05) is 5.16 Å². The summed E-state index contributed by atoms with van der Waals surface area (Å²) in [5.74, 6) is -0.668. The van der Waals surface area contributed by atoms with Crippen molar-refractivity contribution in [3.05, 3.63) is 76.2 Å². The molecule has 0 saturated carbocycles. The van der Waals surface area contributed by atoms with Gasteiger partial charge in [0.2, 0.25) is 5.88 Å². The van der Waals surface area contributed by atoms with Gasteiger partial charge in [-0.15, -0.1) is 11.3 Å². The van der Waals surface area contributed by atoms with E-state index in [-0.39, 0.29) is 22.5 Å². The predicted molar refractivity (Wildman–Crippen MR) is 123 cm³/mol. The van der Waals surface area contributed by atoms with E-state index in [4.69, 9.17) is 4.52 Å². The summed E-state index contributed by atoms with van der Waals surface area (Å²) in [6.07, 6.45) is 0. The maximum absolute atomic E-state index is 13.2. The van der Waals surface area contributed by atoms with Gasteiger partial charge in [-0.25, -0.2) is 22.5 Å². The first-order valence-electron chi connectivity index (χ1n) is 9.74. The van der Waals surface area contributed by atoms with Crippen LogP contribution >= 0.6 is 11.3 Å². The molecule has 0 fully saturated rings. The van der Waals surface area contributed by atoms with E-state index in [2.05, 4.69) is 20.2 Å². The van der Waals surface area contributed by atoms with Crippen LogP contribution in [0.4, 0.5) is 16.0 Å². The third-order valence-electron chi connectivity index (χ3n) is 4.90. The maximum atomic E-state index is 13.2. The van der Waals surface area contributed by atoms with Crippen LogP contribution in [0.15, 0.2) is 57.9 Å². The number of nitrogens with zero attached hydrogens (tertiary/aromatic N) is 2. The van der Waals surface area contributed by atoms with Crippen LogP contribution in [0.5, 0.6) is 0 Å². The van der Waals surface area contributed by atoms with Crippen LogP contribution in [0.2, 0.25) is 0 Å². The molecule has 4 aromatic rings. The van der Waals surface area contributed by atoms with Crippen molar-refractivity contribution in [3.8, 4) is 10.6 Å². The van der Waals surface area contributed by atoms with Crippen molar-refractivity contribution in [1.82, 2.24) is 10.1 Å². The number of thiazole rings is 1. The van der Waals surface area contributed by atoms with Crippen LogP contribution in [-0.4, -0.2) is 24.5 Å². The Balaban J connectivity index is 1.48. The number of sulfonamides is 1. The Hall–Kier alpha value is -3.57. The molecule has 2 heterocycles. The van der Waals surface area contributed by atoms with Gasteiger partial charge in [0.1, 0.15) is 15.7 Å². The molecular weight excluding hydrogens is 467 g/mol. The van der Waals surface area contributed by atoms with E-state index in [9.17, 15) is 17.6 Å². The number of carbonyl (C=O) groups is 1. The molecule has 2 N–H and O–H groups in total. The Morgan fingerprint density at radius 3 is 2.27 bits per heavy atom. The highest BCUT2D eigenvalue weighted by Crippen LogP contribution is 2.29. The molecule has 2 aromatic heterocycles. The Morgan fingerprint density at radius 2 is 1.67 bits per heavy atom. The van der Waals surface area contributed by atoms with E-state index in [1.165, 1.54) is 47.7 Å². The molecule has 8 nitrogen and oxygen atoms in total. The average molecular weight is 487 g/mol. The smallest absolute Gasteiger partial charge is 0.267 e. The van der Waals surface area contributed by atoms with Crippen molar-refractivity contribution in [1.29, 1.82) is 0 Å². The van der Waals surface area contributed by atoms with Gasteiger partial charge in [0, 0.05) is 16.8 Å². The molecule has 0 atom stereocenters. The van der Waals surface area contributed by atoms with Gasteiger partial charge in [-0.05, 0) is 69.3 Å². The molecule has 0 unspecified atom stereocenters. The molecule has 0 aliphatic heterocycles. The van der Waals surface area contributed by atoms with Gasteiger partial charge in [-0.3, -0.25) is 4.79 Å². The van der Waals surface area contributed by atoms with Gasteiger partial charge in [0.25, 0.3) is 15.9 Å². The number of amides is 1. The highest BCUT2D eigenvalue weighted by atomic mass is 32.2. The molecule has 0 saturated heterocycles. The van der Waals surface area contributed by atoms with Crippen LogP contribution in [-0.2, 0) is 10.0 Å². The lowest BCUT2D eigenvalue weighted by Crippen LogP contribution is -2.14. The highest BCUT2D eigenvalue weighted by Gasteiger charge is 2.20. The van der Waals surface area contributed by atoms with Gasteiger partial charge in [-0.2, -0.15) is 0 Å². The number of benzene rings is 2. The van der Waals surface area contributed by atoms with Crippen LogP contribution in [0.1, 0.15) is 26.6 Å². The second kappa shape index (κ2) is 8.75. The Morgan fingerprint density at radius 1 is 1.00 bits per heavy atom. The van der Waals surface area contributed by atoms with E-state index in [0.717, 1.165) is 0 Å². The molecule has 0 aliphatic carbocycles. The number of aromatic nitrogens is 2. The number of nitrogens with one attached hydrogen (secondary N) is 2. The molecule has 0 aliphatic rings. The summed E-state index contributed by atoms with van der Waals surface area (Å²) >= 11 is 1.19. The molecule has 0 radical (unpaired) electrons. The van der Waals surface area contributed by atoms with Crippen LogP contribution < -0.4 is 10.0 Å². The highest BCUT2D eigenvalue weighted by molar-refractivity contribution is 7.92. The van der Waals surface area contributed by atoms with E-state index in [1.807, 2.05) is 0 Å². The standard InChI is InChI=1S/C22H19FN4O4S2/c1-12-13(2)26-31-21(12)27-33(29,30)18-10-8-17(9-11-18)25-20(28)19-14(3)24-22(32-19)15-4-6-16(23)7-5-15/h4-11,27H,1-3H3,(H,25,28). The maximum Gasteiger partial charge on any atom is 0.267 e. The SMILES string of the molecule is Cc1nc(-c2ccc(F)cc2)sc1C(=O)Nc1ccc(S(=O)(=O)Nc2onc(C)c2C)cc1. The average Bonchev–Trinajstić information content (AvgIpc) is 3.32. The molecule has 2 aromatic carbocycles. The second-order valence-corrected chi connectivity index (χ2v) is 9.93. The first-order chi connectivity index (χ1) is 15.6. The van der Waals surface area contributed by atoms with Crippen molar-refractivity contribution in [2.24, 2.45) is 0 Å². The molecule has 0 spiro atoms. The number of rotatable bonds is 6. The monoisotopic (exact) mass is 486 g/mol. The summed E-state index contributed by atoms with van der Waals surface area (Å²) in [4.78, 5) is 17.6. The van der Waals surface area contributed by atoms with Gasteiger partial charge >= 0.3 is 0 Å². The number of hydrogen-bond donors (Lipinski definition) is 2. The Kier molecular flexibility index (Phi) is 6.00. The molecule has 170 valence electrons. The second-order valence-electron chi connectivity index (χ2n) is 7.25. The first kappa shape index (κ1) is 22.6. The lowest BCUT2D eigenvalue weighted by molar-refractivity contribution is 0.103. The van der Waals surface area contributed by atoms with Gasteiger partial charge < -0.3 is 9.84 Å². The third-order valence-corrected chi connectivity index (χ3v) is 7.45. The minimum absolute atomic E-state index is 0.00141. The van der Waals surface area contributed by atoms with Crippen LogP contribution in [0.25, 0.3) is 10.6 Å². The molecule has 1 amide bonds. The number of hydrogen-bond acceptors (Lipinski definition) is 7. The summed E-state index contributed by atoms with van der Waals surface area (Å²) in [6, 6.07) is 11.6. The number of aryl methyl sites for hydroxylation is 2. The number of halogens is 1. The third kappa shape index (κ3) is 4.78. The van der Waals surface area contributed by atoms with Crippen LogP contribution in [0.3, 0.4) is 0 Å². The topological polar surface area (TPSA) is 114 Å². The minimum atomic E-state index is -3.89. The zero-order chi connectivity index (χ0) is 23.8. The minimum Gasteiger partial charge on any atom is -0.337 e. The lowest BCUT2D eigenvalue weighted by atomic mass is 10.2. The summed E-state index contributed by atoms with van der Waals surface area (Å²) in [5, 5.41) is 7.07. The summed E-state index contributed by atoms with van der Waals surface area (Å²) in [6.45, 7) is 5.12. The van der Waals surface area contributed by atoms with E-state index >= 15 is 0 Å². The van der Waals surface area contributed by atoms with Crippen molar-refractivity contribution < 1.29 is 22.1 Å². The Bertz CT molecular complexity index is 1430. The zero-order valence-corrected chi connectivity index (χ0v) is 19.5. The van der Waals surface area contributed by atoms with Crippen molar-refractivity contribution in [2.75, 3.05) is 10.0 Å². The fraction of sp³-hybridized carbons (Fsp3) is 0.136. The quantitative estimate of drug-likeness (QED) is 0.400. The van der Waals surface area contributed by atoms with Gasteiger partial charge in [0.05, 0.1) is 16.3 Å². The lowest BCUT2D eigenvalue weighted by Gasteiger charge is -2.08. The van der Waals surface area contributed by atoms with Crippen molar-refractivity contribution in [2.45, 2.75) is 25.7 Å². The molecule has 11 heteroatoms. The zero-order valence-electron chi connectivity index (χ0n) is 17.8. The first-order valence-corrected chi connectivity index (χ1v) is 12.0. The Labute approximate surface area is 193 Å². The summed E-state index contributed by atoms with van der Waals surface area (Å²) in [7, 11) is -3.89. The summed E-state index contributed by atoms with van der Waals surface area (Å²) < 4.78 is 45.7. The van der Waals surface area contributed by atoms with Crippen molar-refractivity contribution in [3.63, 3.8) is 0 Å². The molecular formula is C22H19FN4O4S2. The fourth-order valence-corrected chi connectivity index (χ4v) is 4.93. The summed E-state index contributed by atoms with van der Waals surface area (Å²) in [5.41, 5.74) is 2.86. The predicted octanol–water partition coefficient (Wildman–Crippen LogP) is 4.92. The van der Waals surface area contributed by atoms with E-state index < -0.39 is 10.0 Å². The van der Waals surface area contributed by atoms with E-state index in [0.29, 0.717) is 38.1 Å². The molecule has 0 bridgehead atoms.